The smallest absolute Gasteiger partial charge is 0.0806 e. The average molecular weight is 291 g/mol. The lowest BCUT2D eigenvalue weighted by Gasteiger charge is -2.27. The van der Waals surface area contributed by atoms with E-state index in [1.54, 1.807) is 5.19 Å². The molecule has 0 unspecified atom stereocenters. The number of hydrogen-bond acceptors (Lipinski definition) is 1. The van der Waals surface area contributed by atoms with Crippen molar-refractivity contribution >= 4 is 13.3 Å². The molecule has 1 N–H and O–H groups in total. The van der Waals surface area contributed by atoms with E-state index in [0.717, 1.165) is 25.7 Å². The first kappa shape index (κ1) is 15.8. The highest BCUT2D eigenvalue weighted by Crippen LogP contribution is 2.32. The molecule has 1 nitrogen and oxygen atoms in total. The summed E-state index contributed by atoms with van der Waals surface area (Å²) in [5.41, 5.74) is 1.49. The molecule has 0 bridgehead atoms. The fraction of sp³-hybridized carbons (Fsp3) is 0.667. The van der Waals surface area contributed by atoms with Gasteiger partial charge in [-0.3, -0.25) is 0 Å². The molecule has 1 fully saturated rings. The predicted octanol–water partition coefficient (Wildman–Crippen LogP) is 4.42. The molecule has 0 atom stereocenters. The minimum atomic E-state index is -1.22. The van der Waals surface area contributed by atoms with Crippen molar-refractivity contribution in [3.63, 3.8) is 0 Å². The molecule has 20 heavy (non-hydrogen) atoms. The minimum Gasteiger partial charge on any atom is -0.393 e. The van der Waals surface area contributed by atoms with Gasteiger partial charge in [-0.1, -0.05) is 68.4 Å². The Labute approximate surface area is 125 Å². The van der Waals surface area contributed by atoms with Gasteiger partial charge in [0.2, 0.25) is 0 Å². The van der Waals surface area contributed by atoms with Crippen LogP contribution >= 0.6 is 0 Å². The van der Waals surface area contributed by atoms with Gasteiger partial charge in [-0.15, -0.1) is 0 Å². The SMILES string of the molecule is CCCC[Si](C)(C)c1ccc(C2CCC(O)CC2)cc1. The van der Waals surface area contributed by atoms with Crippen LogP contribution in [0.3, 0.4) is 0 Å². The van der Waals surface area contributed by atoms with Crippen LogP contribution in [0.5, 0.6) is 0 Å². The Morgan fingerprint density at radius 1 is 1.05 bits per heavy atom. The van der Waals surface area contributed by atoms with E-state index in [2.05, 4.69) is 44.3 Å². The second kappa shape index (κ2) is 6.90. The van der Waals surface area contributed by atoms with Crippen molar-refractivity contribution in [3.8, 4) is 0 Å². The molecule has 0 amide bonds. The van der Waals surface area contributed by atoms with Crippen molar-refractivity contribution < 1.29 is 5.11 Å². The zero-order chi connectivity index (χ0) is 14.6. The van der Waals surface area contributed by atoms with E-state index >= 15 is 0 Å². The van der Waals surface area contributed by atoms with Gasteiger partial charge in [0.1, 0.15) is 0 Å². The average Bonchev–Trinajstić information content (AvgIpc) is 2.46. The van der Waals surface area contributed by atoms with Crippen LogP contribution < -0.4 is 5.19 Å². The van der Waals surface area contributed by atoms with Gasteiger partial charge in [-0.25, -0.2) is 0 Å². The summed E-state index contributed by atoms with van der Waals surface area (Å²) in [5, 5.41) is 11.2. The Bertz CT molecular complexity index is 402. The van der Waals surface area contributed by atoms with Gasteiger partial charge in [-0.2, -0.15) is 0 Å². The van der Waals surface area contributed by atoms with Crippen LogP contribution in [-0.2, 0) is 0 Å². The Hall–Kier alpha value is -0.603. The van der Waals surface area contributed by atoms with Crippen LogP contribution in [0.25, 0.3) is 0 Å². The maximum absolute atomic E-state index is 9.61. The van der Waals surface area contributed by atoms with Crippen LogP contribution in [0.4, 0.5) is 0 Å². The van der Waals surface area contributed by atoms with Crippen molar-refractivity contribution in [3.05, 3.63) is 29.8 Å². The van der Waals surface area contributed by atoms with E-state index in [-0.39, 0.29) is 6.10 Å². The van der Waals surface area contributed by atoms with Crippen LogP contribution in [0.1, 0.15) is 56.9 Å². The number of rotatable bonds is 5. The fourth-order valence-electron chi connectivity index (χ4n) is 3.38. The molecular formula is C18H30OSi. The molecular weight excluding hydrogens is 260 g/mol. The first-order chi connectivity index (χ1) is 9.53. The lowest BCUT2D eigenvalue weighted by molar-refractivity contribution is 0.122. The Morgan fingerprint density at radius 3 is 2.20 bits per heavy atom. The monoisotopic (exact) mass is 290 g/mol. The highest BCUT2D eigenvalue weighted by atomic mass is 28.3. The molecule has 0 heterocycles. The summed E-state index contributed by atoms with van der Waals surface area (Å²) in [5.74, 6) is 0.674. The van der Waals surface area contributed by atoms with Crippen LogP contribution in [0, 0.1) is 0 Å². The standard InChI is InChI=1S/C18H30OSi/c1-4-5-14-20(2,3)18-12-8-16(9-13-18)15-6-10-17(19)11-7-15/h8-9,12-13,15,17,19H,4-7,10-11,14H2,1-3H3. The highest BCUT2D eigenvalue weighted by molar-refractivity contribution is 6.89. The largest absolute Gasteiger partial charge is 0.393 e. The summed E-state index contributed by atoms with van der Waals surface area (Å²) in [7, 11) is -1.22. The molecule has 1 aliphatic rings. The Kier molecular flexibility index (Phi) is 5.45. The molecule has 0 radical (unpaired) electrons. The van der Waals surface area contributed by atoms with Gasteiger partial charge < -0.3 is 5.11 Å². The van der Waals surface area contributed by atoms with Gasteiger partial charge in [0.25, 0.3) is 0 Å². The van der Waals surface area contributed by atoms with Crippen molar-refractivity contribution in [1.29, 1.82) is 0 Å². The fourth-order valence-corrected chi connectivity index (χ4v) is 5.97. The van der Waals surface area contributed by atoms with Gasteiger partial charge >= 0.3 is 0 Å². The quantitative estimate of drug-likeness (QED) is 0.796. The lowest BCUT2D eigenvalue weighted by Crippen LogP contribution is -2.41. The second-order valence-electron chi connectivity index (χ2n) is 7.11. The lowest BCUT2D eigenvalue weighted by atomic mass is 9.83. The third-order valence-corrected chi connectivity index (χ3v) is 8.52. The topological polar surface area (TPSA) is 20.2 Å². The first-order valence-electron chi connectivity index (χ1n) is 8.31. The molecule has 0 aliphatic heterocycles. The van der Waals surface area contributed by atoms with E-state index in [1.807, 2.05) is 0 Å². The summed E-state index contributed by atoms with van der Waals surface area (Å²) in [6, 6.07) is 10.9. The van der Waals surface area contributed by atoms with Crippen LogP contribution in [0.15, 0.2) is 24.3 Å². The number of unbranched alkanes of at least 4 members (excludes halogenated alkanes) is 1. The number of aliphatic hydroxyl groups is 1. The molecule has 2 heteroatoms. The summed E-state index contributed by atoms with van der Waals surface area (Å²) in [4.78, 5) is 0. The van der Waals surface area contributed by atoms with Gasteiger partial charge in [0.15, 0.2) is 0 Å². The van der Waals surface area contributed by atoms with Gasteiger partial charge in [-0.05, 0) is 37.2 Å². The van der Waals surface area contributed by atoms with E-state index in [9.17, 15) is 5.11 Å². The Balaban J connectivity index is 2.02. The molecule has 1 aromatic rings. The molecule has 2 rings (SSSR count). The second-order valence-corrected chi connectivity index (χ2v) is 12.0. The molecule has 0 saturated heterocycles. The van der Waals surface area contributed by atoms with Crippen LogP contribution in [-0.4, -0.2) is 19.3 Å². The highest BCUT2D eigenvalue weighted by Gasteiger charge is 2.24. The van der Waals surface area contributed by atoms with E-state index < -0.39 is 8.07 Å². The van der Waals surface area contributed by atoms with Crippen LogP contribution in [0.2, 0.25) is 19.1 Å². The summed E-state index contributed by atoms with van der Waals surface area (Å²) < 4.78 is 0. The van der Waals surface area contributed by atoms with Crippen molar-refractivity contribution in [1.82, 2.24) is 0 Å². The van der Waals surface area contributed by atoms with Gasteiger partial charge in [0.05, 0.1) is 14.2 Å². The van der Waals surface area contributed by atoms with Gasteiger partial charge in [0, 0.05) is 0 Å². The summed E-state index contributed by atoms with van der Waals surface area (Å²) in [6.07, 6.45) is 6.87. The van der Waals surface area contributed by atoms with Crippen molar-refractivity contribution in [2.45, 2.75) is 76.6 Å². The zero-order valence-electron chi connectivity index (χ0n) is 13.4. The van der Waals surface area contributed by atoms with E-state index in [1.165, 1.54) is 24.4 Å². The zero-order valence-corrected chi connectivity index (χ0v) is 14.4. The predicted molar refractivity (Wildman–Crippen MR) is 90.5 cm³/mol. The molecule has 1 saturated carbocycles. The number of hydrogen-bond donors (Lipinski definition) is 1. The third kappa shape index (κ3) is 3.95. The van der Waals surface area contributed by atoms with Crippen molar-refractivity contribution in [2.75, 3.05) is 0 Å². The van der Waals surface area contributed by atoms with Crippen molar-refractivity contribution in [2.24, 2.45) is 0 Å². The third-order valence-electron chi connectivity index (χ3n) is 5.02. The first-order valence-corrected chi connectivity index (χ1v) is 11.5. The molecule has 1 aliphatic carbocycles. The summed E-state index contributed by atoms with van der Waals surface area (Å²) in [6.45, 7) is 7.27. The molecule has 112 valence electrons. The molecule has 0 spiro atoms. The molecule has 1 aromatic carbocycles. The maximum atomic E-state index is 9.61. The molecule has 0 aromatic heterocycles. The number of aliphatic hydroxyl groups excluding tert-OH is 1. The normalized spacial score (nSPS) is 23.8. The number of benzene rings is 1. The minimum absolute atomic E-state index is 0.0501. The van der Waals surface area contributed by atoms with E-state index in [0.29, 0.717) is 5.92 Å². The maximum Gasteiger partial charge on any atom is 0.0806 e. The Morgan fingerprint density at radius 2 is 1.65 bits per heavy atom. The summed E-state index contributed by atoms with van der Waals surface area (Å²) >= 11 is 0. The van der Waals surface area contributed by atoms with E-state index in [4.69, 9.17) is 0 Å².